The Morgan fingerprint density at radius 1 is 0.816 bits per heavy atom. The van der Waals surface area contributed by atoms with Gasteiger partial charge in [-0.25, -0.2) is 4.57 Å². The quantitative estimate of drug-likeness (QED) is 0.224. The lowest BCUT2D eigenvalue weighted by Crippen LogP contribution is -2.22. The molecule has 4 aromatic carbocycles. The number of hydrogen-bond acceptors (Lipinski definition) is 3. The molecule has 4 atom stereocenters. The Morgan fingerprint density at radius 2 is 1.47 bits per heavy atom. The van der Waals surface area contributed by atoms with Crippen LogP contribution in [0.2, 0.25) is 0 Å². The van der Waals surface area contributed by atoms with E-state index in [0.29, 0.717) is 17.0 Å². The van der Waals surface area contributed by atoms with Gasteiger partial charge >= 0.3 is 7.52 Å². The second kappa shape index (κ2) is 11.3. The molecule has 1 N–H and O–H groups in total. The third-order valence-corrected chi connectivity index (χ3v) is 9.57. The first kappa shape index (κ1) is 25.8. The normalized spacial score (nSPS) is 18.1. The van der Waals surface area contributed by atoms with Crippen LogP contribution < -0.4 is 14.9 Å². The SMILES string of the molecule is CCC(CC(C#N)CC(C)c1ccccc1)c1ccc(NP2(=O)Oc3ccccc3-c3ccccc32)cc1. The van der Waals surface area contributed by atoms with Gasteiger partial charge in [-0.1, -0.05) is 92.7 Å². The van der Waals surface area contributed by atoms with E-state index < -0.39 is 7.52 Å². The zero-order valence-electron chi connectivity index (χ0n) is 21.9. The second-order valence-electron chi connectivity index (χ2n) is 10.1. The van der Waals surface area contributed by atoms with E-state index in [1.807, 2.05) is 66.7 Å². The maximum absolute atomic E-state index is 14.1. The number of nitrogens with zero attached hydrogens (tertiary/aromatic N) is 1. The Hall–Kier alpha value is -3.80. The third-order valence-electron chi connectivity index (χ3n) is 7.53. The van der Waals surface area contributed by atoms with Crippen LogP contribution in [-0.4, -0.2) is 0 Å². The van der Waals surface area contributed by atoms with Crippen LogP contribution in [0.15, 0.2) is 103 Å². The van der Waals surface area contributed by atoms with E-state index in [2.05, 4.69) is 61.4 Å². The fourth-order valence-corrected chi connectivity index (χ4v) is 7.41. The van der Waals surface area contributed by atoms with E-state index >= 15 is 0 Å². The summed E-state index contributed by atoms with van der Waals surface area (Å²) in [4.78, 5) is 0. The van der Waals surface area contributed by atoms with Crippen LogP contribution in [0.5, 0.6) is 5.75 Å². The van der Waals surface area contributed by atoms with Crippen molar-refractivity contribution < 1.29 is 9.09 Å². The van der Waals surface area contributed by atoms with Crippen LogP contribution in [-0.2, 0) is 4.57 Å². The molecule has 0 spiro atoms. The Bertz CT molecular complexity index is 1480. The molecule has 192 valence electrons. The molecule has 4 unspecified atom stereocenters. The van der Waals surface area contributed by atoms with Crippen molar-refractivity contribution in [2.45, 2.75) is 44.9 Å². The second-order valence-corrected chi connectivity index (χ2v) is 12.1. The average molecular weight is 521 g/mol. The minimum absolute atomic E-state index is 0.0176. The van der Waals surface area contributed by atoms with Crippen molar-refractivity contribution in [3.05, 3.63) is 114 Å². The van der Waals surface area contributed by atoms with Gasteiger partial charge in [0.15, 0.2) is 0 Å². The summed E-state index contributed by atoms with van der Waals surface area (Å²) < 4.78 is 20.2. The van der Waals surface area contributed by atoms with Crippen molar-refractivity contribution >= 4 is 18.5 Å². The van der Waals surface area contributed by atoms with Crippen molar-refractivity contribution in [1.29, 1.82) is 5.26 Å². The van der Waals surface area contributed by atoms with Gasteiger partial charge in [-0.15, -0.1) is 0 Å². The van der Waals surface area contributed by atoms with Crippen LogP contribution >= 0.6 is 7.52 Å². The molecule has 0 radical (unpaired) electrons. The lowest BCUT2D eigenvalue weighted by atomic mass is 9.82. The monoisotopic (exact) mass is 520 g/mol. The van der Waals surface area contributed by atoms with Gasteiger partial charge < -0.3 is 9.61 Å². The van der Waals surface area contributed by atoms with E-state index in [1.54, 1.807) is 0 Å². The van der Waals surface area contributed by atoms with E-state index in [0.717, 1.165) is 36.1 Å². The highest BCUT2D eigenvalue weighted by Crippen LogP contribution is 2.54. The number of benzene rings is 4. The molecule has 5 rings (SSSR count). The number of fused-ring (bicyclic) bond motifs is 3. The predicted molar refractivity (Wildman–Crippen MR) is 156 cm³/mol. The van der Waals surface area contributed by atoms with Gasteiger partial charge in [0.1, 0.15) is 5.75 Å². The molecule has 1 heterocycles. The minimum Gasteiger partial charge on any atom is -0.425 e. The molecule has 0 bridgehead atoms. The third kappa shape index (κ3) is 5.40. The number of anilines is 1. The number of rotatable bonds is 9. The van der Waals surface area contributed by atoms with Gasteiger partial charge in [-0.2, -0.15) is 5.26 Å². The topological polar surface area (TPSA) is 62.1 Å². The van der Waals surface area contributed by atoms with E-state index in [1.165, 1.54) is 11.1 Å². The predicted octanol–water partition coefficient (Wildman–Crippen LogP) is 8.89. The van der Waals surface area contributed by atoms with E-state index in [9.17, 15) is 9.83 Å². The number of nitrogens with one attached hydrogen (secondary N) is 1. The highest BCUT2D eigenvalue weighted by atomic mass is 31.2. The minimum atomic E-state index is -3.37. The molecule has 1 aliphatic rings. The van der Waals surface area contributed by atoms with Crippen molar-refractivity contribution in [1.82, 2.24) is 0 Å². The summed E-state index contributed by atoms with van der Waals surface area (Å²) in [6.45, 7) is 4.38. The first-order chi connectivity index (χ1) is 18.5. The molecule has 0 saturated heterocycles. The van der Waals surface area contributed by atoms with E-state index in [4.69, 9.17) is 4.52 Å². The first-order valence-corrected chi connectivity index (χ1v) is 14.9. The maximum atomic E-state index is 14.1. The first-order valence-electron chi connectivity index (χ1n) is 13.3. The Labute approximate surface area is 225 Å². The molecule has 0 fully saturated rings. The molecule has 4 nitrogen and oxygen atoms in total. The average Bonchev–Trinajstić information content (AvgIpc) is 2.96. The summed E-state index contributed by atoms with van der Waals surface area (Å²) in [7, 11) is -3.37. The molecule has 0 aliphatic carbocycles. The van der Waals surface area contributed by atoms with Crippen LogP contribution in [0.4, 0.5) is 5.69 Å². The van der Waals surface area contributed by atoms with Crippen molar-refractivity contribution in [3.8, 4) is 22.9 Å². The fraction of sp³-hybridized carbons (Fsp3) is 0.242. The van der Waals surface area contributed by atoms with Gasteiger partial charge in [0.25, 0.3) is 0 Å². The molecule has 0 amide bonds. The summed E-state index contributed by atoms with van der Waals surface area (Å²) in [5.41, 5.74) is 5.10. The van der Waals surface area contributed by atoms with E-state index in [-0.39, 0.29) is 11.8 Å². The number of nitriles is 1. The van der Waals surface area contributed by atoms with Gasteiger partial charge in [0, 0.05) is 22.7 Å². The zero-order valence-corrected chi connectivity index (χ0v) is 22.8. The smallest absolute Gasteiger partial charge is 0.372 e. The van der Waals surface area contributed by atoms with Gasteiger partial charge in [-0.05, 0) is 66.5 Å². The largest absolute Gasteiger partial charge is 0.425 e. The van der Waals surface area contributed by atoms with Crippen LogP contribution in [0.3, 0.4) is 0 Å². The summed E-state index contributed by atoms with van der Waals surface area (Å²) in [6, 6.07) is 36.5. The molecule has 4 aromatic rings. The zero-order chi connectivity index (χ0) is 26.5. The van der Waals surface area contributed by atoms with Gasteiger partial charge in [0.05, 0.1) is 11.4 Å². The standard InChI is InChI=1S/C33H33N2O2P/c1-3-26(22-25(23-34)21-24(2)27-11-5-4-6-12-27)28-17-19-29(20-18-28)35-38(36)33-16-10-8-14-31(33)30-13-7-9-15-32(30)37-38/h4-20,24-26H,3,21-22H2,1-2H3,(H,35,36). The maximum Gasteiger partial charge on any atom is 0.372 e. The summed E-state index contributed by atoms with van der Waals surface area (Å²) >= 11 is 0. The molecular formula is C33H33N2O2P. The highest BCUT2D eigenvalue weighted by molar-refractivity contribution is 7.69. The fourth-order valence-electron chi connectivity index (χ4n) is 5.43. The molecule has 0 saturated carbocycles. The van der Waals surface area contributed by atoms with Crippen molar-refractivity contribution in [2.24, 2.45) is 5.92 Å². The van der Waals surface area contributed by atoms with Gasteiger partial charge in [0.2, 0.25) is 0 Å². The lowest BCUT2D eigenvalue weighted by Gasteiger charge is -2.29. The summed E-state index contributed by atoms with van der Waals surface area (Å²) in [5.74, 6) is 1.23. The molecule has 0 aromatic heterocycles. The molecule has 38 heavy (non-hydrogen) atoms. The van der Waals surface area contributed by atoms with Crippen LogP contribution in [0.1, 0.15) is 56.1 Å². The van der Waals surface area contributed by atoms with Crippen LogP contribution in [0, 0.1) is 17.2 Å². The Balaban J connectivity index is 1.31. The van der Waals surface area contributed by atoms with Gasteiger partial charge in [-0.3, -0.25) is 0 Å². The molecule has 5 heteroatoms. The molecular weight excluding hydrogens is 487 g/mol. The van der Waals surface area contributed by atoms with Crippen LogP contribution in [0.25, 0.3) is 11.1 Å². The lowest BCUT2D eigenvalue weighted by molar-refractivity contribution is 0.451. The van der Waals surface area contributed by atoms with Crippen molar-refractivity contribution in [2.75, 3.05) is 5.09 Å². The van der Waals surface area contributed by atoms with Crippen molar-refractivity contribution in [3.63, 3.8) is 0 Å². The Kier molecular flexibility index (Phi) is 7.68. The summed E-state index contributed by atoms with van der Waals surface area (Å²) in [6.07, 6.45) is 2.62. The Morgan fingerprint density at radius 3 is 2.18 bits per heavy atom. The number of para-hydroxylation sites is 1. The number of hydrogen-bond donors (Lipinski definition) is 1. The summed E-state index contributed by atoms with van der Waals surface area (Å²) in [5, 5.41) is 13.8. The molecule has 1 aliphatic heterocycles. The highest BCUT2D eigenvalue weighted by Gasteiger charge is 2.36.